The lowest BCUT2D eigenvalue weighted by Gasteiger charge is -2.22. The van der Waals surface area contributed by atoms with Crippen LogP contribution in [-0.4, -0.2) is 29.5 Å². The molecule has 0 bridgehead atoms. The fourth-order valence-electron chi connectivity index (χ4n) is 3.54. The van der Waals surface area contributed by atoms with E-state index >= 15 is 0 Å². The molecule has 3 N–H and O–H groups in total. The Labute approximate surface area is 176 Å². The fourth-order valence-corrected chi connectivity index (χ4v) is 4.28. The van der Waals surface area contributed by atoms with Gasteiger partial charge in [0.2, 0.25) is 5.91 Å². The van der Waals surface area contributed by atoms with E-state index in [1.54, 1.807) is 0 Å². The molecule has 1 heterocycles. The molecule has 0 radical (unpaired) electrons. The lowest BCUT2D eigenvalue weighted by molar-refractivity contribution is -0.121. The zero-order valence-corrected chi connectivity index (χ0v) is 17.6. The number of thiazole rings is 1. The van der Waals surface area contributed by atoms with Crippen molar-refractivity contribution in [3.63, 3.8) is 0 Å². The summed E-state index contributed by atoms with van der Waals surface area (Å²) in [6, 6.07) is 10.4. The first kappa shape index (κ1) is 21.3. The molecule has 0 spiro atoms. The Morgan fingerprint density at radius 3 is 2.66 bits per heavy atom. The summed E-state index contributed by atoms with van der Waals surface area (Å²) in [5.74, 6) is 0.0376. The molecule has 3 rings (SSSR count). The smallest absolute Gasteiger partial charge is 0.321 e. The molecule has 6 nitrogen and oxygen atoms in total. The van der Waals surface area contributed by atoms with Gasteiger partial charge < -0.3 is 10.6 Å². The van der Waals surface area contributed by atoms with Crippen molar-refractivity contribution < 1.29 is 9.59 Å². The van der Waals surface area contributed by atoms with Crippen LogP contribution in [0.5, 0.6) is 0 Å². The third-order valence-electron chi connectivity index (χ3n) is 5.13. The predicted molar refractivity (Wildman–Crippen MR) is 117 cm³/mol. The number of aromatic nitrogens is 1. The second-order valence-electron chi connectivity index (χ2n) is 7.52. The van der Waals surface area contributed by atoms with Gasteiger partial charge in [-0.15, -0.1) is 11.3 Å². The molecule has 0 atom stereocenters. The molecule has 0 saturated heterocycles. The average Bonchev–Trinajstić information content (AvgIpc) is 3.18. The van der Waals surface area contributed by atoms with E-state index < -0.39 is 0 Å². The predicted octanol–water partition coefficient (Wildman–Crippen LogP) is 4.28. The maximum absolute atomic E-state index is 12.1. The summed E-state index contributed by atoms with van der Waals surface area (Å²) in [5.41, 5.74) is 2.12. The van der Waals surface area contributed by atoms with E-state index in [4.69, 9.17) is 0 Å². The third kappa shape index (κ3) is 7.85. The van der Waals surface area contributed by atoms with Crippen LogP contribution in [0, 0.1) is 0 Å². The van der Waals surface area contributed by atoms with Crippen molar-refractivity contribution in [2.45, 2.75) is 63.8 Å². The van der Waals surface area contributed by atoms with Crippen LogP contribution in [0.15, 0.2) is 35.7 Å². The number of anilines is 1. The quantitative estimate of drug-likeness (QED) is 0.536. The molecular formula is C22H30N4O2S. The maximum Gasteiger partial charge on any atom is 0.321 e. The maximum atomic E-state index is 12.1. The molecule has 1 aromatic heterocycles. The number of nitrogens with zero attached hydrogens (tertiary/aromatic N) is 1. The third-order valence-corrected chi connectivity index (χ3v) is 5.93. The number of carbonyl (C=O) groups excluding carboxylic acids is 2. The number of nitrogens with one attached hydrogen (secondary N) is 3. The van der Waals surface area contributed by atoms with E-state index in [0.29, 0.717) is 24.5 Å². The van der Waals surface area contributed by atoms with Gasteiger partial charge in [0, 0.05) is 24.4 Å². The molecule has 1 saturated carbocycles. The van der Waals surface area contributed by atoms with Gasteiger partial charge in [-0.1, -0.05) is 49.6 Å². The van der Waals surface area contributed by atoms with E-state index in [0.717, 1.165) is 31.4 Å². The molecule has 156 valence electrons. The summed E-state index contributed by atoms with van der Waals surface area (Å²) >= 11 is 1.40. The van der Waals surface area contributed by atoms with Crippen molar-refractivity contribution in [1.29, 1.82) is 0 Å². The molecule has 1 aliphatic rings. The first-order valence-corrected chi connectivity index (χ1v) is 11.4. The number of hydrogen-bond acceptors (Lipinski definition) is 4. The van der Waals surface area contributed by atoms with Crippen LogP contribution in [-0.2, 0) is 17.6 Å². The summed E-state index contributed by atoms with van der Waals surface area (Å²) in [6.45, 7) is 0.680. The minimum absolute atomic E-state index is 0.0376. The zero-order chi connectivity index (χ0) is 20.3. The van der Waals surface area contributed by atoms with Gasteiger partial charge in [0.05, 0.1) is 5.69 Å². The number of rotatable bonds is 9. The fraction of sp³-hybridized carbons (Fsp3) is 0.500. The molecule has 1 aliphatic carbocycles. The van der Waals surface area contributed by atoms with E-state index in [9.17, 15) is 9.59 Å². The minimum atomic E-state index is -0.186. The summed E-state index contributed by atoms with van der Waals surface area (Å²) < 4.78 is 0. The first-order valence-electron chi connectivity index (χ1n) is 10.5. The van der Waals surface area contributed by atoms with Gasteiger partial charge >= 0.3 is 6.03 Å². The van der Waals surface area contributed by atoms with Crippen molar-refractivity contribution in [1.82, 2.24) is 15.6 Å². The molecule has 1 fully saturated rings. The number of urea groups is 1. The Hall–Kier alpha value is -2.41. The van der Waals surface area contributed by atoms with Crippen molar-refractivity contribution >= 4 is 28.4 Å². The van der Waals surface area contributed by atoms with Crippen LogP contribution in [0.2, 0.25) is 0 Å². The Morgan fingerprint density at radius 1 is 1.07 bits per heavy atom. The number of carbonyl (C=O) groups is 2. The van der Waals surface area contributed by atoms with Crippen LogP contribution >= 0.6 is 11.3 Å². The highest BCUT2D eigenvalue weighted by molar-refractivity contribution is 7.13. The molecule has 29 heavy (non-hydrogen) atoms. The number of benzene rings is 1. The second kappa shape index (κ2) is 11.6. The molecule has 7 heteroatoms. The molecule has 0 unspecified atom stereocenters. The largest absolute Gasteiger partial charge is 0.356 e. The standard InChI is InChI=1S/C22H30N4O2S/c27-20(23-15-7-10-17-8-3-1-4-9-17)14-13-19-16-29-22(25-19)26-21(28)24-18-11-5-2-6-12-18/h1,3-4,8-9,16,18H,2,5-7,10-15H2,(H,23,27)(H2,24,25,26,28). The monoisotopic (exact) mass is 414 g/mol. The van der Waals surface area contributed by atoms with Gasteiger partial charge in [0.15, 0.2) is 5.13 Å². The summed E-state index contributed by atoms with van der Waals surface area (Å²) in [4.78, 5) is 28.5. The number of hydrogen-bond donors (Lipinski definition) is 3. The van der Waals surface area contributed by atoms with Crippen molar-refractivity contribution in [3.8, 4) is 0 Å². The van der Waals surface area contributed by atoms with Crippen LogP contribution in [0.25, 0.3) is 0 Å². The van der Waals surface area contributed by atoms with Crippen LogP contribution in [0.4, 0.5) is 9.93 Å². The number of amides is 3. The van der Waals surface area contributed by atoms with Crippen molar-refractivity contribution in [3.05, 3.63) is 47.0 Å². The molecular weight excluding hydrogens is 384 g/mol. The summed E-state index contributed by atoms with van der Waals surface area (Å²) in [5, 5.41) is 11.3. The Morgan fingerprint density at radius 2 is 1.86 bits per heavy atom. The molecule has 1 aromatic carbocycles. The molecule has 3 amide bonds. The minimum Gasteiger partial charge on any atom is -0.356 e. The van der Waals surface area contributed by atoms with E-state index in [1.165, 1.54) is 36.2 Å². The number of aryl methyl sites for hydroxylation is 2. The zero-order valence-electron chi connectivity index (χ0n) is 16.8. The van der Waals surface area contributed by atoms with E-state index in [1.807, 2.05) is 23.6 Å². The van der Waals surface area contributed by atoms with Crippen LogP contribution < -0.4 is 16.0 Å². The SMILES string of the molecule is O=C(CCc1csc(NC(=O)NC2CCCCC2)n1)NCCCc1ccccc1. The van der Waals surface area contributed by atoms with Gasteiger partial charge in [-0.25, -0.2) is 9.78 Å². The van der Waals surface area contributed by atoms with Gasteiger partial charge in [0.1, 0.15) is 0 Å². The Bertz CT molecular complexity index is 772. The molecule has 2 aromatic rings. The van der Waals surface area contributed by atoms with Gasteiger partial charge in [-0.3, -0.25) is 10.1 Å². The normalized spacial score (nSPS) is 14.3. The van der Waals surface area contributed by atoms with Gasteiger partial charge in [-0.2, -0.15) is 0 Å². The van der Waals surface area contributed by atoms with Gasteiger partial charge in [-0.05, 0) is 37.7 Å². The lowest BCUT2D eigenvalue weighted by atomic mass is 9.96. The highest BCUT2D eigenvalue weighted by Crippen LogP contribution is 2.19. The topological polar surface area (TPSA) is 83.1 Å². The average molecular weight is 415 g/mol. The summed E-state index contributed by atoms with van der Waals surface area (Å²) in [7, 11) is 0. The first-order chi connectivity index (χ1) is 14.2. The Balaban J connectivity index is 1.30. The second-order valence-corrected chi connectivity index (χ2v) is 8.37. The Kier molecular flexibility index (Phi) is 8.49. The highest BCUT2D eigenvalue weighted by Gasteiger charge is 2.16. The summed E-state index contributed by atoms with van der Waals surface area (Å²) in [6.07, 6.45) is 8.60. The van der Waals surface area contributed by atoms with Crippen molar-refractivity contribution in [2.75, 3.05) is 11.9 Å². The van der Waals surface area contributed by atoms with Gasteiger partial charge in [0.25, 0.3) is 0 Å². The lowest BCUT2D eigenvalue weighted by Crippen LogP contribution is -2.39. The van der Waals surface area contributed by atoms with E-state index in [-0.39, 0.29) is 18.0 Å². The van der Waals surface area contributed by atoms with Crippen molar-refractivity contribution in [2.24, 2.45) is 0 Å². The highest BCUT2D eigenvalue weighted by atomic mass is 32.1. The van der Waals surface area contributed by atoms with Crippen LogP contribution in [0.3, 0.4) is 0 Å². The van der Waals surface area contributed by atoms with E-state index in [2.05, 4.69) is 33.1 Å². The van der Waals surface area contributed by atoms with Crippen LogP contribution in [0.1, 0.15) is 56.2 Å². The molecule has 0 aliphatic heterocycles.